The van der Waals surface area contributed by atoms with Crippen molar-refractivity contribution >= 4 is 28.5 Å². The molecule has 6 nitrogen and oxygen atoms in total. The second-order valence-electron chi connectivity index (χ2n) is 4.65. The lowest BCUT2D eigenvalue weighted by Crippen LogP contribution is -2.21. The number of alkyl halides is 3. The zero-order valence-corrected chi connectivity index (χ0v) is 12.6. The number of carboxylic acid groups (broad SMARTS) is 1. The van der Waals surface area contributed by atoms with E-state index in [1.807, 2.05) is 0 Å². The Morgan fingerprint density at radius 1 is 1.04 bits per heavy atom. The standard InChI is InChI=1S/C13H8F2N4.C2HF3O2/c14-9-4-3-8(6-10(9)15)19-13-12-11(17-7-18-13)2-1-5-16-12;3-2(4,5)1(6)7/h1-7H,(H,17,18,19);(H,6,7). The predicted octanol–water partition coefficient (Wildman–Crippen LogP) is 3.68. The summed E-state index contributed by atoms with van der Waals surface area (Å²) in [6.07, 6.45) is -2.09. The van der Waals surface area contributed by atoms with Crippen LogP contribution in [0, 0.1) is 11.6 Å². The van der Waals surface area contributed by atoms with Crippen LogP contribution >= 0.6 is 0 Å². The summed E-state index contributed by atoms with van der Waals surface area (Å²) in [5.74, 6) is -4.13. The van der Waals surface area contributed by atoms with Crippen LogP contribution in [-0.4, -0.2) is 32.2 Å². The predicted molar refractivity (Wildman–Crippen MR) is 80.7 cm³/mol. The van der Waals surface area contributed by atoms with Gasteiger partial charge in [0.1, 0.15) is 11.8 Å². The van der Waals surface area contributed by atoms with Gasteiger partial charge in [-0.25, -0.2) is 23.5 Å². The summed E-state index contributed by atoms with van der Waals surface area (Å²) >= 11 is 0. The zero-order valence-electron chi connectivity index (χ0n) is 12.6. The first-order valence-corrected chi connectivity index (χ1v) is 6.76. The monoisotopic (exact) mass is 372 g/mol. The minimum absolute atomic E-state index is 0.393. The Bertz CT molecular complexity index is 928. The molecular weight excluding hydrogens is 363 g/mol. The molecule has 0 saturated heterocycles. The number of aromatic nitrogens is 3. The van der Waals surface area contributed by atoms with E-state index in [0.717, 1.165) is 12.1 Å². The summed E-state index contributed by atoms with van der Waals surface area (Å²) in [6.45, 7) is 0. The van der Waals surface area contributed by atoms with Gasteiger partial charge in [-0.1, -0.05) is 0 Å². The number of hydrogen-bond donors (Lipinski definition) is 2. The number of carboxylic acids is 1. The van der Waals surface area contributed by atoms with Gasteiger partial charge in [-0.15, -0.1) is 0 Å². The Hall–Kier alpha value is -3.37. The maximum absolute atomic E-state index is 13.1. The van der Waals surface area contributed by atoms with E-state index in [9.17, 15) is 22.0 Å². The highest BCUT2D eigenvalue weighted by atomic mass is 19.4. The molecule has 1 aromatic carbocycles. The van der Waals surface area contributed by atoms with Gasteiger partial charge in [-0.2, -0.15) is 13.2 Å². The van der Waals surface area contributed by atoms with Crippen LogP contribution in [-0.2, 0) is 4.79 Å². The molecule has 0 fully saturated rings. The van der Waals surface area contributed by atoms with Gasteiger partial charge < -0.3 is 10.4 Å². The van der Waals surface area contributed by atoms with E-state index in [1.165, 1.54) is 12.4 Å². The van der Waals surface area contributed by atoms with Crippen molar-refractivity contribution in [1.29, 1.82) is 0 Å². The number of pyridine rings is 1. The second-order valence-corrected chi connectivity index (χ2v) is 4.65. The molecule has 11 heteroatoms. The highest BCUT2D eigenvalue weighted by Crippen LogP contribution is 2.22. The van der Waals surface area contributed by atoms with Crippen LogP contribution < -0.4 is 5.32 Å². The summed E-state index contributed by atoms with van der Waals surface area (Å²) in [5.41, 5.74) is 1.63. The van der Waals surface area contributed by atoms with Crippen LogP contribution in [0.4, 0.5) is 33.5 Å². The average Bonchev–Trinajstić information content (AvgIpc) is 2.58. The van der Waals surface area contributed by atoms with Crippen molar-refractivity contribution in [3.8, 4) is 0 Å². The van der Waals surface area contributed by atoms with Crippen molar-refractivity contribution in [2.24, 2.45) is 0 Å². The molecule has 0 radical (unpaired) electrons. The van der Waals surface area contributed by atoms with Gasteiger partial charge in [0.2, 0.25) is 0 Å². The summed E-state index contributed by atoms with van der Waals surface area (Å²) in [4.78, 5) is 21.2. The summed E-state index contributed by atoms with van der Waals surface area (Å²) in [7, 11) is 0. The molecule has 0 aliphatic rings. The molecule has 0 aliphatic carbocycles. The molecule has 2 N–H and O–H groups in total. The Labute approximate surface area is 142 Å². The highest BCUT2D eigenvalue weighted by molar-refractivity contribution is 5.86. The van der Waals surface area contributed by atoms with Crippen molar-refractivity contribution in [1.82, 2.24) is 15.0 Å². The van der Waals surface area contributed by atoms with Crippen LogP contribution in [0.1, 0.15) is 0 Å². The normalized spacial score (nSPS) is 10.8. The van der Waals surface area contributed by atoms with Crippen LogP contribution in [0.25, 0.3) is 11.0 Å². The molecule has 2 aromatic heterocycles. The van der Waals surface area contributed by atoms with E-state index in [4.69, 9.17) is 9.90 Å². The maximum atomic E-state index is 13.1. The third-order valence-electron chi connectivity index (χ3n) is 2.82. The molecule has 3 rings (SSSR count). The van der Waals surface area contributed by atoms with Gasteiger partial charge in [0.15, 0.2) is 17.5 Å². The number of nitrogens with zero attached hydrogens (tertiary/aromatic N) is 3. The van der Waals surface area contributed by atoms with E-state index in [2.05, 4.69) is 20.3 Å². The lowest BCUT2D eigenvalue weighted by Gasteiger charge is -2.07. The van der Waals surface area contributed by atoms with Gasteiger partial charge in [-0.3, -0.25) is 4.98 Å². The quantitative estimate of drug-likeness (QED) is 0.668. The third-order valence-corrected chi connectivity index (χ3v) is 2.82. The fraction of sp³-hybridized carbons (Fsp3) is 0.0667. The van der Waals surface area contributed by atoms with Gasteiger partial charge in [0, 0.05) is 18.0 Å². The van der Waals surface area contributed by atoms with Gasteiger partial charge in [0.05, 0.1) is 5.52 Å². The average molecular weight is 372 g/mol. The molecule has 0 bridgehead atoms. The van der Waals surface area contributed by atoms with Crippen LogP contribution in [0.5, 0.6) is 0 Å². The number of halogens is 5. The smallest absolute Gasteiger partial charge is 0.475 e. The van der Waals surface area contributed by atoms with Crippen LogP contribution in [0.2, 0.25) is 0 Å². The molecule has 0 aliphatic heterocycles. The number of fused-ring (bicyclic) bond motifs is 1. The van der Waals surface area contributed by atoms with Crippen molar-refractivity contribution < 1.29 is 31.9 Å². The summed E-state index contributed by atoms with van der Waals surface area (Å²) < 4.78 is 57.7. The molecule has 0 amide bonds. The number of carbonyl (C=O) groups is 1. The first kappa shape index (κ1) is 19.0. The number of benzene rings is 1. The van der Waals surface area contributed by atoms with E-state index in [-0.39, 0.29) is 0 Å². The van der Waals surface area contributed by atoms with Crippen molar-refractivity contribution in [2.45, 2.75) is 6.18 Å². The van der Waals surface area contributed by atoms with E-state index in [0.29, 0.717) is 22.5 Å². The topological polar surface area (TPSA) is 88.0 Å². The summed E-state index contributed by atoms with van der Waals surface area (Å²) in [6, 6.07) is 7.09. The molecule has 2 heterocycles. The minimum atomic E-state index is -5.08. The van der Waals surface area contributed by atoms with Crippen LogP contribution in [0.3, 0.4) is 0 Å². The van der Waals surface area contributed by atoms with E-state index >= 15 is 0 Å². The molecule has 0 saturated carbocycles. The first-order valence-electron chi connectivity index (χ1n) is 6.76. The fourth-order valence-electron chi connectivity index (χ4n) is 1.70. The molecule has 26 heavy (non-hydrogen) atoms. The SMILES string of the molecule is Fc1ccc(Nc2ncnc3cccnc23)cc1F.O=C(O)C(F)(F)F. The molecule has 136 valence electrons. The Morgan fingerprint density at radius 3 is 2.35 bits per heavy atom. The molecule has 3 aromatic rings. The Kier molecular flexibility index (Phi) is 5.60. The minimum Gasteiger partial charge on any atom is -0.475 e. The molecule has 0 unspecified atom stereocenters. The van der Waals surface area contributed by atoms with Crippen molar-refractivity contribution in [2.75, 3.05) is 5.32 Å². The molecule has 0 atom stereocenters. The van der Waals surface area contributed by atoms with Gasteiger partial charge in [-0.05, 0) is 24.3 Å². The molecule has 0 spiro atoms. The van der Waals surface area contributed by atoms with Crippen LogP contribution in [0.15, 0.2) is 42.9 Å². The Balaban J connectivity index is 0.000000298. The summed E-state index contributed by atoms with van der Waals surface area (Å²) in [5, 5.41) is 10.0. The highest BCUT2D eigenvalue weighted by Gasteiger charge is 2.38. The number of anilines is 2. The number of aliphatic carboxylic acids is 1. The fourth-order valence-corrected chi connectivity index (χ4v) is 1.70. The number of rotatable bonds is 2. The largest absolute Gasteiger partial charge is 0.490 e. The van der Waals surface area contributed by atoms with Crippen molar-refractivity contribution in [3.63, 3.8) is 0 Å². The number of nitrogens with one attached hydrogen (secondary N) is 1. The zero-order chi connectivity index (χ0) is 19.3. The first-order chi connectivity index (χ1) is 12.2. The molecular formula is C15H9F5N4O2. The Morgan fingerprint density at radius 2 is 1.73 bits per heavy atom. The van der Waals surface area contributed by atoms with Gasteiger partial charge >= 0.3 is 12.1 Å². The second kappa shape index (κ2) is 7.68. The van der Waals surface area contributed by atoms with E-state index in [1.54, 1.807) is 18.3 Å². The lowest BCUT2D eigenvalue weighted by molar-refractivity contribution is -0.192. The number of hydrogen-bond acceptors (Lipinski definition) is 5. The van der Waals surface area contributed by atoms with E-state index < -0.39 is 23.8 Å². The van der Waals surface area contributed by atoms with Gasteiger partial charge in [0.25, 0.3) is 0 Å². The lowest BCUT2D eigenvalue weighted by atomic mass is 10.3. The van der Waals surface area contributed by atoms with Crippen molar-refractivity contribution in [3.05, 3.63) is 54.5 Å². The maximum Gasteiger partial charge on any atom is 0.490 e. The third kappa shape index (κ3) is 4.82.